The Morgan fingerprint density at radius 3 is 2.50 bits per heavy atom. The first-order chi connectivity index (χ1) is 5.42. The van der Waals surface area contributed by atoms with E-state index < -0.39 is 5.60 Å². The summed E-state index contributed by atoms with van der Waals surface area (Å²) in [7, 11) is 0. The Morgan fingerprint density at radius 1 is 1.50 bits per heavy atom. The highest BCUT2D eigenvalue weighted by atomic mass is 16.3. The molecular weight excluding hydrogens is 156 g/mol. The minimum Gasteiger partial charge on any atom is -0.390 e. The van der Waals surface area contributed by atoms with Gasteiger partial charge in [0.2, 0.25) is 5.91 Å². The number of nitrogens with two attached hydrogens (primary N) is 1. The van der Waals surface area contributed by atoms with Crippen molar-refractivity contribution < 1.29 is 9.90 Å². The molecule has 4 heteroatoms. The van der Waals surface area contributed by atoms with Crippen molar-refractivity contribution in [1.29, 1.82) is 0 Å². The van der Waals surface area contributed by atoms with E-state index in [0.717, 1.165) is 0 Å². The first-order valence-corrected chi connectivity index (χ1v) is 4.13. The van der Waals surface area contributed by atoms with E-state index in [0.29, 0.717) is 25.9 Å². The van der Waals surface area contributed by atoms with Crippen LogP contribution in [0.5, 0.6) is 0 Å². The maximum Gasteiger partial charge on any atom is 0.218 e. The van der Waals surface area contributed by atoms with Gasteiger partial charge in [0.1, 0.15) is 0 Å². The minimum atomic E-state index is -0.639. The maximum absolute atomic E-state index is 10.3. The van der Waals surface area contributed by atoms with Crippen molar-refractivity contribution in [3.05, 3.63) is 0 Å². The highest BCUT2D eigenvalue weighted by Crippen LogP contribution is 2.04. The third-order valence-electron chi connectivity index (χ3n) is 1.46. The molecule has 0 saturated heterocycles. The van der Waals surface area contributed by atoms with Gasteiger partial charge >= 0.3 is 0 Å². The van der Waals surface area contributed by atoms with Crippen LogP contribution < -0.4 is 11.1 Å². The standard InChI is InChI=1S/C8H18N2O2/c1-8(2,12)4-6-10-5-3-7(9)11/h10,12H,3-6H2,1-2H3,(H2,9,11). The zero-order valence-electron chi connectivity index (χ0n) is 7.76. The van der Waals surface area contributed by atoms with Crippen molar-refractivity contribution in [2.45, 2.75) is 32.3 Å². The Balaban J connectivity index is 3.17. The summed E-state index contributed by atoms with van der Waals surface area (Å²) in [6.45, 7) is 4.80. The van der Waals surface area contributed by atoms with Crippen LogP contribution in [-0.4, -0.2) is 29.7 Å². The lowest BCUT2D eigenvalue weighted by Gasteiger charge is -2.16. The second-order valence-corrected chi connectivity index (χ2v) is 3.53. The minimum absolute atomic E-state index is 0.300. The van der Waals surface area contributed by atoms with Crippen LogP contribution in [0.2, 0.25) is 0 Å². The average Bonchev–Trinajstić information content (AvgIpc) is 1.83. The van der Waals surface area contributed by atoms with Gasteiger partial charge in [0.25, 0.3) is 0 Å². The number of carbonyl (C=O) groups excluding carboxylic acids is 1. The van der Waals surface area contributed by atoms with E-state index in [1.807, 2.05) is 0 Å². The number of primary amides is 1. The lowest BCUT2D eigenvalue weighted by atomic mass is 10.1. The predicted molar refractivity (Wildman–Crippen MR) is 47.6 cm³/mol. The molecule has 4 N–H and O–H groups in total. The van der Waals surface area contributed by atoms with Crippen molar-refractivity contribution in [3.8, 4) is 0 Å². The molecular formula is C8H18N2O2. The lowest BCUT2D eigenvalue weighted by Crippen LogP contribution is -2.28. The summed E-state index contributed by atoms with van der Waals surface area (Å²) in [6.07, 6.45) is 1.03. The summed E-state index contributed by atoms with van der Waals surface area (Å²) in [4.78, 5) is 10.3. The van der Waals surface area contributed by atoms with Crippen molar-refractivity contribution in [2.75, 3.05) is 13.1 Å². The zero-order valence-corrected chi connectivity index (χ0v) is 7.76. The molecule has 0 atom stereocenters. The van der Waals surface area contributed by atoms with E-state index in [-0.39, 0.29) is 5.91 Å². The number of rotatable bonds is 6. The van der Waals surface area contributed by atoms with Crippen LogP contribution in [0, 0.1) is 0 Å². The van der Waals surface area contributed by atoms with Crippen LogP contribution in [0.3, 0.4) is 0 Å². The second-order valence-electron chi connectivity index (χ2n) is 3.53. The van der Waals surface area contributed by atoms with Gasteiger partial charge < -0.3 is 16.2 Å². The van der Waals surface area contributed by atoms with Crippen molar-refractivity contribution >= 4 is 5.91 Å². The van der Waals surface area contributed by atoms with E-state index in [1.54, 1.807) is 13.8 Å². The Bertz CT molecular complexity index is 140. The summed E-state index contributed by atoms with van der Waals surface area (Å²) in [5.74, 6) is -0.300. The molecule has 0 aromatic carbocycles. The largest absolute Gasteiger partial charge is 0.390 e. The van der Waals surface area contributed by atoms with Crippen molar-refractivity contribution in [1.82, 2.24) is 5.32 Å². The molecule has 72 valence electrons. The van der Waals surface area contributed by atoms with Gasteiger partial charge in [-0.05, 0) is 26.8 Å². The highest BCUT2D eigenvalue weighted by molar-refractivity contribution is 5.73. The third-order valence-corrected chi connectivity index (χ3v) is 1.46. The molecule has 0 aromatic heterocycles. The Labute approximate surface area is 73.1 Å². The molecule has 0 aliphatic carbocycles. The molecule has 0 aromatic rings. The average molecular weight is 174 g/mol. The van der Waals surface area contributed by atoms with Crippen LogP contribution >= 0.6 is 0 Å². The van der Waals surface area contributed by atoms with Gasteiger partial charge in [0.15, 0.2) is 0 Å². The van der Waals surface area contributed by atoms with Crippen LogP contribution in [0.1, 0.15) is 26.7 Å². The lowest BCUT2D eigenvalue weighted by molar-refractivity contribution is -0.117. The Hall–Kier alpha value is -0.610. The molecule has 1 amide bonds. The van der Waals surface area contributed by atoms with Gasteiger partial charge in [-0.2, -0.15) is 0 Å². The van der Waals surface area contributed by atoms with E-state index in [9.17, 15) is 9.90 Å². The van der Waals surface area contributed by atoms with E-state index in [1.165, 1.54) is 0 Å². The quantitative estimate of drug-likeness (QED) is 0.480. The molecule has 4 nitrogen and oxygen atoms in total. The SMILES string of the molecule is CC(C)(O)CCNCCC(N)=O. The Morgan fingerprint density at radius 2 is 2.08 bits per heavy atom. The molecule has 12 heavy (non-hydrogen) atoms. The zero-order chi connectivity index (χ0) is 9.61. The Kier molecular flexibility index (Phi) is 4.85. The number of carbonyl (C=O) groups is 1. The molecule has 0 aliphatic heterocycles. The fraction of sp³-hybridized carbons (Fsp3) is 0.875. The van der Waals surface area contributed by atoms with Crippen LogP contribution in [0.15, 0.2) is 0 Å². The van der Waals surface area contributed by atoms with Gasteiger partial charge in [-0.15, -0.1) is 0 Å². The summed E-state index contributed by atoms with van der Waals surface area (Å²) in [5, 5.41) is 12.3. The molecule has 0 aliphatic rings. The number of hydrogen-bond donors (Lipinski definition) is 3. The van der Waals surface area contributed by atoms with Gasteiger partial charge in [0, 0.05) is 13.0 Å². The summed E-state index contributed by atoms with van der Waals surface area (Å²) < 4.78 is 0. The van der Waals surface area contributed by atoms with Crippen molar-refractivity contribution in [2.24, 2.45) is 5.73 Å². The number of aliphatic hydroxyl groups is 1. The molecule has 0 bridgehead atoms. The smallest absolute Gasteiger partial charge is 0.218 e. The third kappa shape index (κ3) is 9.39. The second kappa shape index (κ2) is 5.11. The number of nitrogens with one attached hydrogen (secondary N) is 1. The highest BCUT2D eigenvalue weighted by Gasteiger charge is 2.10. The van der Waals surface area contributed by atoms with Gasteiger partial charge in [0.05, 0.1) is 5.60 Å². The number of hydrogen-bond acceptors (Lipinski definition) is 3. The van der Waals surface area contributed by atoms with Crippen LogP contribution in [0.25, 0.3) is 0 Å². The van der Waals surface area contributed by atoms with Gasteiger partial charge in [-0.3, -0.25) is 4.79 Å². The molecule has 0 saturated carbocycles. The molecule has 0 spiro atoms. The summed E-state index contributed by atoms with van der Waals surface area (Å²) >= 11 is 0. The maximum atomic E-state index is 10.3. The molecule has 0 fully saturated rings. The summed E-state index contributed by atoms with van der Waals surface area (Å²) in [6, 6.07) is 0. The fourth-order valence-corrected chi connectivity index (χ4v) is 0.731. The molecule has 0 heterocycles. The van der Waals surface area contributed by atoms with E-state index in [4.69, 9.17) is 5.73 Å². The predicted octanol–water partition coefficient (Wildman–Crippen LogP) is -0.388. The topological polar surface area (TPSA) is 75.3 Å². The first-order valence-electron chi connectivity index (χ1n) is 4.13. The van der Waals surface area contributed by atoms with Crippen molar-refractivity contribution in [3.63, 3.8) is 0 Å². The first kappa shape index (κ1) is 11.4. The van der Waals surface area contributed by atoms with E-state index in [2.05, 4.69) is 5.32 Å². The molecule has 0 unspecified atom stereocenters. The van der Waals surface area contributed by atoms with Crippen LogP contribution in [-0.2, 0) is 4.79 Å². The molecule has 0 radical (unpaired) electrons. The van der Waals surface area contributed by atoms with E-state index >= 15 is 0 Å². The molecule has 0 rings (SSSR count). The van der Waals surface area contributed by atoms with Crippen LogP contribution in [0.4, 0.5) is 0 Å². The monoisotopic (exact) mass is 174 g/mol. The van der Waals surface area contributed by atoms with Gasteiger partial charge in [-0.25, -0.2) is 0 Å². The van der Waals surface area contributed by atoms with Gasteiger partial charge in [-0.1, -0.05) is 0 Å². The normalized spacial score (nSPS) is 11.6. The fourth-order valence-electron chi connectivity index (χ4n) is 0.731. The summed E-state index contributed by atoms with van der Waals surface area (Å²) in [5.41, 5.74) is 4.29. The number of amides is 1.